The molecule has 4 heteroatoms. The third-order valence-electron chi connectivity index (χ3n) is 4.31. The van der Waals surface area contributed by atoms with Crippen LogP contribution in [0.3, 0.4) is 0 Å². The minimum atomic E-state index is -0.0833. The lowest BCUT2D eigenvalue weighted by molar-refractivity contribution is 0.0951. The Hall–Kier alpha value is -2.75. The van der Waals surface area contributed by atoms with Gasteiger partial charge in [-0.05, 0) is 42.8 Å². The molecular weight excluding hydrogens is 288 g/mol. The summed E-state index contributed by atoms with van der Waals surface area (Å²) in [5, 5.41) is 4.19. The Morgan fingerprint density at radius 2 is 1.83 bits per heavy atom. The fourth-order valence-corrected chi connectivity index (χ4v) is 2.84. The Bertz CT molecular complexity index is 848. The second-order valence-electron chi connectivity index (χ2n) is 5.55. The highest BCUT2D eigenvalue weighted by Crippen LogP contribution is 2.24. The number of hydrogen-bond acceptors (Lipinski definition) is 2. The maximum absolute atomic E-state index is 12.3. The minimum Gasteiger partial charge on any atom is -0.497 e. The summed E-state index contributed by atoms with van der Waals surface area (Å²) in [4.78, 5) is 12.3. The third kappa shape index (κ3) is 2.80. The summed E-state index contributed by atoms with van der Waals surface area (Å²) in [5.74, 6) is 0.659. The number of para-hydroxylation sites is 1. The summed E-state index contributed by atoms with van der Waals surface area (Å²) in [6.07, 6.45) is 0. The predicted octanol–water partition coefficient (Wildman–Crippen LogP) is 3.43. The summed E-state index contributed by atoms with van der Waals surface area (Å²) in [5.41, 5.74) is 4.13. The van der Waals surface area contributed by atoms with Gasteiger partial charge in [0.15, 0.2) is 0 Å². The Labute approximate surface area is 135 Å². The highest BCUT2D eigenvalue weighted by Gasteiger charge is 2.13. The summed E-state index contributed by atoms with van der Waals surface area (Å²) in [7, 11) is 3.66. The maximum atomic E-state index is 12.3. The monoisotopic (exact) mass is 308 g/mol. The van der Waals surface area contributed by atoms with Crippen molar-refractivity contribution in [3.8, 4) is 5.75 Å². The van der Waals surface area contributed by atoms with E-state index in [-0.39, 0.29) is 5.91 Å². The van der Waals surface area contributed by atoms with Crippen molar-refractivity contribution >= 4 is 16.8 Å². The van der Waals surface area contributed by atoms with Crippen LogP contribution in [0.25, 0.3) is 10.9 Å². The number of hydrogen-bond donors (Lipinski definition) is 1. The number of nitrogens with zero attached hydrogens (tertiary/aromatic N) is 1. The van der Waals surface area contributed by atoms with Gasteiger partial charge in [0.1, 0.15) is 5.75 Å². The number of rotatable bonds is 4. The number of ether oxygens (including phenoxy) is 1. The zero-order valence-electron chi connectivity index (χ0n) is 13.6. The Kier molecular flexibility index (Phi) is 4.06. The molecule has 1 aromatic heterocycles. The average Bonchev–Trinajstić information content (AvgIpc) is 2.84. The van der Waals surface area contributed by atoms with Crippen LogP contribution in [0.1, 0.15) is 21.6 Å². The van der Waals surface area contributed by atoms with E-state index in [0.717, 1.165) is 11.3 Å². The number of fused-ring (bicyclic) bond motifs is 1. The van der Waals surface area contributed by atoms with Crippen molar-refractivity contribution in [3.63, 3.8) is 0 Å². The molecule has 0 saturated heterocycles. The molecular formula is C19H20N2O2. The topological polar surface area (TPSA) is 43.3 Å². The maximum Gasteiger partial charge on any atom is 0.251 e. The minimum absolute atomic E-state index is 0.0833. The lowest BCUT2D eigenvalue weighted by atomic mass is 10.1. The van der Waals surface area contributed by atoms with E-state index in [4.69, 9.17) is 4.74 Å². The van der Waals surface area contributed by atoms with Gasteiger partial charge in [0, 0.05) is 35.8 Å². The van der Waals surface area contributed by atoms with Gasteiger partial charge >= 0.3 is 0 Å². The first kappa shape index (κ1) is 15.2. The van der Waals surface area contributed by atoms with Crippen molar-refractivity contribution in [2.75, 3.05) is 7.11 Å². The average molecular weight is 308 g/mol. The Balaban J connectivity index is 1.80. The van der Waals surface area contributed by atoms with E-state index in [1.165, 1.54) is 16.6 Å². The van der Waals surface area contributed by atoms with E-state index in [0.29, 0.717) is 12.1 Å². The molecule has 0 bridgehead atoms. The zero-order valence-corrected chi connectivity index (χ0v) is 13.6. The molecule has 3 rings (SSSR count). The van der Waals surface area contributed by atoms with Crippen molar-refractivity contribution in [3.05, 3.63) is 65.4 Å². The van der Waals surface area contributed by atoms with Gasteiger partial charge < -0.3 is 14.6 Å². The van der Waals surface area contributed by atoms with E-state index in [2.05, 4.69) is 28.9 Å². The second-order valence-corrected chi connectivity index (χ2v) is 5.55. The number of carbonyl (C=O) groups is 1. The molecule has 1 amide bonds. The second kappa shape index (κ2) is 6.16. The predicted molar refractivity (Wildman–Crippen MR) is 91.8 cm³/mol. The number of aromatic nitrogens is 1. The molecule has 3 aromatic rings. The van der Waals surface area contributed by atoms with Gasteiger partial charge in [-0.1, -0.05) is 18.2 Å². The summed E-state index contributed by atoms with van der Waals surface area (Å²) in [6.45, 7) is 2.59. The quantitative estimate of drug-likeness (QED) is 0.802. The molecule has 0 aliphatic rings. The standard InChI is InChI=1S/C19H20N2O2/c1-13-17(16-6-4-5-7-18(16)21(13)2)12-20-19(22)14-8-10-15(23-3)11-9-14/h4-11H,12H2,1-3H3,(H,20,22). The van der Waals surface area contributed by atoms with Crippen molar-refractivity contribution in [1.82, 2.24) is 9.88 Å². The van der Waals surface area contributed by atoms with Crippen molar-refractivity contribution in [1.29, 1.82) is 0 Å². The third-order valence-corrected chi connectivity index (χ3v) is 4.31. The molecule has 0 atom stereocenters. The van der Waals surface area contributed by atoms with Crippen LogP contribution >= 0.6 is 0 Å². The Morgan fingerprint density at radius 1 is 1.13 bits per heavy atom. The van der Waals surface area contributed by atoms with Gasteiger partial charge in [0.2, 0.25) is 0 Å². The number of nitrogens with one attached hydrogen (secondary N) is 1. The van der Waals surface area contributed by atoms with Crippen LogP contribution in [-0.4, -0.2) is 17.6 Å². The van der Waals surface area contributed by atoms with Gasteiger partial charge in [-0.25, -0.2) is 0 Å². The smallest absolute Gasteiger partial charge is 0.251 e. The van der Waals surface area contributed by atoms with Crippen molar-refractivity contribution in [2.45, 2.75) is 13.5 Å². The van der Waals surface area contributed by atoms with Gasteiger partial charge in [0.25, 0.3) is 5.91 Å². The number of amides is 1. The fraction of sp³-hybridized carbons (Fsp3) is 0.211. The Morgan fingerprint density at radius 3 is 2.52 bits per heavy atom. The van der Waals surface area contributed by atoms with Crippen molar-refractivity contribution in [2.24, 2.45) is 7.05 Å². The SMILES string of the molecule is COc1ccc(C(=O)NCc2c(C)n(C)c3ccccc23)cc1. The summed E-state index contributed by atoms with van der Waals surface area (Å²) >= 11 is 0. The molecule has 1 heterocycles. The lowest BCUT2D eigenvalue weighted by Gasteiger charge is -2.07. The van der Waals surface area contributed by atoms with E-state index in [9.17, 15) is 4.79 Å². The summed E-state index contributed by atoms with van der Waals surface area (Å²) < 4.78 is 7.27. The van der Waals surface area contributed by atoms with Crippen LogP contribution < -0.4 is 10.1 Å². The van der Waals surface area contributed by atoms with Crippen LogP contribution in [0.4, 0.5) is 0 Å². The molecule has 0 aliphatic heterocycles. The van der Waals surface area contributed by atoms with Crippen LogP contribution in [0, 0.1) is 6.92 Å². The number of methoxy groups -OCH3 is 1. The number of carbonyl (C=O) groups excluding carboxylic acids is 1. The fourth-order valence-electron chi connectivity index (χ4n) is 2.84. The summed E-state index contributed by atoms with van der Waals surface area (Å²) in [6, 6.07) is 15.4. The normalized spacial score (nSPS) is 10.7. The van der Waals surface area contributed by atoms with Gasteiger partial charge in [0.05, 0.1) is 7.11 Å². The molecule has 4 nitrogen and oxygen atoms in total. The first-order valence-electron chi connectivity index (χ1n) is 7.57. The van der Waals surface area contributed by atoms with Crippen LogP contribution in [0.15, 0.2) is 48.5 Å². The number of benzene rings is 2. The zero-order chi connectivity index (χ0) is 16.4. The molecule has 118 valence electrons. The van der Waals surface area contributed by atoms with Crippen LogP contribution in [0.2, 0.25) is 0 Å². The number of aryl methyl sites for hydroxylation is 1. The molecule has 0 unspecified atom stereocenters. The molecule has 1 N–H and O–H groups in total. The van der Waals surface area contributed by atoms with Gasteiger partial charge in [-0.15, -0.1) is 0 Å². The molecule has 0 aliphatic carbocycles. The molecule has 0 spiro atoms. The van der Waals surface area contributed by atoms with Crippen LogP contribution in [0.5, 0.6) is 5.75 Å². The van der Waals surface area contributed by atoms with E-state index in [1.807, 2.05) is 19.2 Å². The molecule has 0 saturated carbocycles. The van der Waals surface area contributed by atoms with Crippen LogP contribution in [-0.2, 0) is 13.6 Å². The van der Waals surface area contributed by atoms with Gasteiger partial charge in [-0.2, -0.15) is 0 Å². The highest BCUT2D eigenvalue weighted by molar-refractivity contribution is 5.94. The first-order chi connectivity index (χ1) is 11.1. The lowest BCUT2D eigenvalue weighted by Crippen LogP contribution is -2.23. The highest BCUT2D eigenvalue weighted by atomic mass is 16.5. The van der Waals surface area contributed by atoms with E-state index >= 15 is 0 Å². The van der Waals surface area contributed by atoms with Crippen molar-refractivity contribution < 1.29 is 9.53 Å². The largest absolute Gasteiger partial charge is 0.497 e. The van der Waals surface area contributed by atoms with E-state index in [1.54, 1.807) is 31.4 Å². The van der Waals surface area contributed by atoms with E-state index < -0.39 is 0 Å². The van der Waals surface area contributed by atoms with Gasteiger partial charge in [-0.3, -0.25) is 4.79 Å². The molecule has 23 heavy (non-hydrogen) atoms. The molecule has 0 radical (unpaired) electrons. The molecule has 2 aromatic carbocycles. The molecule has 0 fully saturated rings. The first-order valence-corrected chi connectivity index (χ1v) is 7.57.